The summed E-state index contributed by atoms with van der Waals surface area (Å²) in [6, 6.07) is 8.04. The van der Waals surface area contributed by atoms with Crippen molar-refractivity contribution in [1.82, 2.24) is 10.3 Å². The topological polar surface area (TPSA) is 34.2 Å². The van der Waals surface area contributed by atoms with E-state index in [-0.39, 0.29) is 6.04 Å². The molecule has 3 nitrogen and oxygen atoms in total. The first-order valence-electron chi connectivity index (χ1n) is 7.15. The molecule has 4 heteroatoms. The molecule has 1 aromatic heterocycles. The molecule has 0 spiro atoms. The second-order valence-corrected chi connectivity index (χ2v) is 5.61. The average molecular weight is 305 g/mol. The van der Waals surface area contributed by atoms with Crippen LogP contribution in [0, 0.1) is 13.8 Å². The number of aromatic nitrogens is 1. The summed E-state index contributed by atoms with van der Waals surface area (Å²) in [5, 5.41) is 4.10. The SMILES string of the molecule is CCNC(C)c1ccnc(Oc2c(C)cc(Cl)cc2C)c1. The molecule has 2 rings (SSSR count). The largest absolute Gasteiger partial charge is 0.438 e. The smallest absolute Gasteiger partial charge is 0.219 e. The molecule has 0 saturated carbocycles. The molecular formula is C17H21ClN2O. The van der Waals surface area contributed by atoms with Crippen LogP contribution in [0.5, 0.6) is 11.6 Å². The van der Waals surface area contributed by atoms with Gasteiger partial charge in [0.25, 0.3) is 0 Å². The number of nitrogens with one attached hydrogen (secondary N) is 1. The van der Waals surface area contributed by atoms with E-state index in [1.54, 1.807) is 6.20 Å². The summed E-state index contributed by atoms with van der Waals surface area (Å²) in [5.74, 6) is 1.42. The monoisotopic (exact) mass is 304 g/mol. The zero-order valence-corrected chi connectivity index (χ0v) is 13.7. The van der Waals surface area contributed by atoms with Gasteiger partial charge in [-0.2, -0.15) is 0 Å². The molecule has 0 amide bonds. The highest BCUT2D eigenvalue weighted by atomic mass is 35.5. The number of nitrogens with zero attached hydrogens (tertiary/aromatic N) is 1. The van der Waals surface area contributed by atoms with Gasteiger partial charge in [-0.3, -0.25) is 0 Å². The highest BCUT2D eigenvalue weighted by Crippen LogP contribution is 2.31. The number of hydrogen-bond acceptors (Lipinski definition) is 3. The molecule has 0 bridgehead atoms. The van der Waals surface area contributed by atoms with Crippen molar-refractivity contribution in [2.45, 2.75) is 33.7 Å². The van der Waals surface area contributed by atoms with E-state index in [1.807, 2.05) is 38.1 Å². The molecule has 1 unspecified atom stereocenters. The molecule has 2 aromatic rings. The van der Waals surface area contributed by atoms with E-state index in [0.29, 0.717) is 5.88 Å². The molecule has 0 radical (unpaired) electrons. The Hall–Kier alpha value is -1.58. The second kappa shape index (κ2) is 6.92. The van der Waals surface area contributed by atoms with Crippen LogP contribution < -0.4 is 10.1 Å². The minimum Gasteiger partial charge on any atom is -0.438 e. The zero-order valence-electron chi connectivity index (χ0n) is 12.9. The number of pyridine rings is 1. The van der Waals surface area contributed by atoms with Crippen LogP contribution in [0.3, 0.4) is 0 Å². The molecule has 0 fully saturated rings. The predicted octanol–water partition coefficient (Wildman–Crippen LogP) is 4.81. The maximum atomic E-state index is 6.05. The van der Waals surface area contributed by atoms with Gasteiger partial charge in [0.2, 0.25) is 5.88 Å². The molecule has 0 saturated heterocycles. The van der Waals surface area contributed by atoms with Crippen LogP contribution in [0.15, 0.2) is 30.5 Å². The Morgan fingerprint density at radius 3 is 2.52 bits per heavy atom. The van der Waals surface area contributed by atoms with Crippen molar-refractivity contribution in [2.24, 2.45) is 0 Å². The average Bonchev–Trinajstić information content (AvgIpc) is 2.43. The maximum absolute atomic E-state index is 6.05. The fourth-order valence-corrected chi connectivity index (χ4v) is 2.66. The van der Waals surface area contributed by atoms with Gasteiger partial charge < -0.3 is 10.1 Å². The van der Waals surface area contributed by atoms with Crippen LogP contribution in [0.4, 0.5) is 0 Å². The lowest BCUT2D eigenvalue weighted by Gasteiger charge is -2.15. The van der Waals surface area contributed by atoms with E-state index in [4.69, 9.17) is 16.3 Å². The standard InChI is InChI=1S/C17H21ClN2O/c1-5-19-13(4)14-6-7-20-16(10-14)21-17-11(2)8-15(18)9-12(17)3/h6-10,13,19H,5H2,1-4H3. The lowest BCUT2D eigenvalue weighted by Crippen LogP contribution is -2.17. The maximum Gasteiger partial charge on any atom is 0.219 e. The van der Waals surface area contributed by atoms with Gasteiger partial charge in [0.15, 0.2) is 0 Å². The Morgan fingerprint density at radius 2 is 1.90 bits per heavy atom. The third-order valence-corrected chi connectivity index (χ3v) is 3.62. The van der Waals surface area contributed by atoms with E-state index in [0.717, 1.165) is 34.0 Å². The van der Waals surface area contributed by atoms with Crippen LogP contribution >= 0.6 is 11.6 Å². The summed E-state index contributed by atoms with van der Waals surface area (Å²) in [6.07, 6.45) is 1.78. The highest BCUT2D eigenvalue weighted by molar-refractivity contribution is 6.30. The van der Waals surface area contributed by atoms with Gasteiger partial charge in [0, 0.05) is 23.3 Å². The van der Waals surface area contributed by atoms with Crippen LogP contribution in [0.1, 0.15) is 36.6 Å². The first-order chi connectivity index (χ1) is 10.0. The number of aryl methyl sites for hydroxylation is 2. The van der Waals surface area contributed by atoms with Gasteiger partial charge in [0.1, 0.15) is 5.75 Å². The first-order valence-corrected chi connectivity index (χ1v) is 7.53. The third kappa shape index (κ3) is 3.96. The highest BCUT2D eigenvalue weighted by Gasteiger charge is 2.10. The summed E-state index contributed by atoms with van der Waals surface area (Å²) >= 11 is 6.05. The minimum atomic E-state index is 0.271. The number of benzene rings is 1. The molecule has 1 heterocycles. The van der Waals surface area contributed by atoms with Gasteiger partial charge >= 0.3 is 0 Å². The summed E-state index contributed by atoms with van der Waals surface area (Å²) in [4.78, 5) is 4.30. The first kappa shape index (κ1) is 15.8. The molecule has 0 aliphatic heterocycles. The van der Waals surface area contributed by atoms with Crippen molar-refractivity contribution >= 4 is 11.6 Å². The molecule has 112 valence electrons. The number of halogens is 1. The molecule has 21 heavy (non-hydrogen) atoms. The van der Waals surface area contributed by atoms with Gasteiger partial charge in [-0.05, 0) is 62.2 Å². The van der Waals surface area contributed by atoms with Crippen molar-refractivity contribution in [3.63, 3.8) is 0 Å². The van der Waals surface area contributed by atoms with E-state index in [1.165, 1.54) is 0 Å². The fourth-order valence-electron chi connectivity index (χ4n) is 2.34. The quantitative estimate of drug-likeness (QED) is 0.860. The summed E-state index contributed by atoms with van der Waals surface area (Å²) < 4.78 is 5.97. The summed E-state index contributed by atoms with van der Waals surface area (Å²) in [5.41, 5.74) is 3.17. The van der Waals surface area contributed by atoms with Crippen LogP contribution in [-0.2, 0) is 0 Å². The molecule has 1 atom stereocenters. The van der Waals surface area contributed by atoms with E-state index < -0.39 is 0 Å². The Balaban J connectivity index is 2.26. The summed E-state index contributed by atoms with van der Waals surface area (Å²) in [6.45, 7) is 9.12. The van der Waals surface area contributed by atoms with Crippen molar-refractivity contribution < 1.29 is 4.74 Å². The van der Waals surface area contributed by atoms with E-state index in [9.17, 15) is 0 Å². The van der Waals surface area contributed by atoms with Crippen LogP contribution in [0.2, 0.25) is 5.02 Å². The van der Waals surface area contributed by atoms with Crippen molar-refractivity contribution in [1.29, 1.82) is 0 Å². The van der Waals surface area contributed by atoms with Crippen LogP contribution in [-0.4, -0.2) is 11.5 Å². The Kier molecular flexibility index (Phi) is 5.21. The Labute approximate surface area is 131 Å². The third-order valence-electron chi connectivity index (χ3n) is 3.40. The molecule has 0 aliphatic rings. The number of hydrogen-bond donors (Lipinski definition) is 1. The lowest BCUT2D eigenvalue weighted by molar-refractivity contribution is 0.453. The second-order valence-electron chi connectivity index (χ2n) is 5.18. The zero-order chi connectivity index (χ0) is 15.4. The van der Waals surface area contributed by atoms with E-state index in [2.05, 4.69) is 24.1 Å². The van der Waals surface area contributed by atoms with Crippen LogP contribution in [0.25, 0.3) is 0 Å². The van der Waals surface area contributed by atoms with Gasteiger partial charge in [-0.25, -0.2) is 4.98 Å². The van der Waals surface area contributed by atoms with Gasteiger partial charge in [-0.15, -0.1) is 0 Å². The number of rotatable bonds is 5. The van der Waals surface area contributed by atoms with Crippen molar-refractivity contribution in [3.8, 4) is 11.6 Å². The molecule has 1 N–H and O–H groups in total. The predicted molar refractivity (Wildman–Crippen MR) is 87.3 cm³/mol. The molecule has 0 aliphatic carbocycles. The lowest BCUT2D eigenvalue weighted by atomic mass is 10.1. The minimum absolute atomic E-state index is 0.271. The van der Waals surface area contributed by atoms with Gasteiger partial charge in [0.05, 0.1) is 0 Å². The van der Waals surface area contributed by atoms with Crippen molar-refractivity contribution in [2.75, 3.05) is 6.54 Å². The molecular weight excluding hydrogens is 284 g/mol. The van der Waals surface area contributed by atoms with E-state index >= 15 is 0 Å². The Morgan fingerprint density at radius 1 is 1.24 bits per heavy atom. The van der Waals surface area contributed by atoms with Gasteiger partial charge in [-0.1, -0.05) is 18.5 Å². The van der Waals surface area contributed by atoms with Crippen molar-refractivity contribution in [3.05, 3.63) is 52.2 Å². The summed E-state index contributed by atoms with van der Waals surface area (Å²) in [7, 11) is 0. The molecule has 1 aromatic carbocycles. The number of ether oxygens (including phenoxy) is 1. The normalized spacial score (nSPS) is 12.2. The Bertz CT molecular complexity index is 605. The fraction of sp³-hybridized carbons (Fsp3) is 0.353.